The van der Waals surface area contributed by atoms with E-state index in [1.807, 2.05) is 26.0 Å². The lowest BCUT2D eigenvalue weighted by molar-refractivity contribution is -0.138. The van der Waals surface area contributed by atoms with Gasteiger partial charge >= 0.3 is 5.97 Å². The summed E-state index contributed by atoms with van der Waals surface area (Å²) >= 11 is 3.48. The molecule has 0 aromatic heterocycles. The quantitative estimate of drug-likeness (QED) is 0.840. The summed E-state index contributed by atoms with van der Waals surface area (Å²) in [5.74, 6) is -0.0234. The molecule has 0 saturated carbocycles. The number of methoxy groups -OCH3 is 1. The summed E-state index contributed by atoms with van der Waals surface area (Å²) in [6.45, 7) is 3.87. The van der Waals surface area contributed by atoms with Crippen molar-refractivity contribution in [1.82, 2.24) is 0 Å². The smallest absolute Gasteiger partial charge is 0.303 e. The molecule has 4 nitrogen and oxygen atoms in total. The van der Waals surface area contributed by atoms with Crippen LogP contribution in [0.2, 0.25) is 0 Å². The van der Waals surface area contributed by atoms with E-state index >= 15 is 0 Å². The first-order chi connectivity index (χ1) is 8.85. The number of nitrogens with two attached hydrogens (primary N) is 1. The molecule has 0 aliphatic heterocycles. The molecule has 0 aliphatic carbocycles. The van der Waals surface area contributed by atoms with Crippen molar-refractivity contribution in [3.63, 3.8) is 0 Å². The van der Waals surface area contributed by atoms with Crippen LogP contribution in [0.3, 0.4) is 0 Å². The van der Waals surface area contributed by atoms with E-state index in [2.05, 4.69) is 15.9 Å². The van der Waals surface area contributed by atoms with Crippen LogP contribution in [0, 0.1) is 12.8 Å². The first-order valence-electron chi connectivity index (χ1n) is 6.16. The van der Waals surface area contributed by atoms with E-state index in [-0.39, 0.29) is 18.4 Å². The summed E-state index contributed by atoms with van der Waals surface area (Å²) in [6.07, 6.45) is 0.737. The van der Waals surface area contributed by atoms with Crippen molar-refractivity contribution in [2.75, 3.05) is 7.11 Å². The summed E-state index contributed by atoms with van der Waals surface area (Å²) in [7, 11) is 1.61. The number of halogens is 1. The molecule has 2 unspecified atom stereocenters. The molecule has 2 atom stereocenters. The molecule has 5 heteroatoms. The van der Waals surface area contributed by atoms with Gasteiger partial charge in [0.05, 0.1) is 7.11 Å². The van der Waals surface area contributed by atoms with E-state index < -0.39 is 5.97 Å². The highest BCUT2D eigenvalue weighted by Gasteiger charge is 2.18. The summed E-state index contributed by atoms with van der Waals surface area (Å²) in [4.78, 5) is 10.7. The van der Waals surface area contributed by atoms with Crippen LogP contribution < -0.4 is 10.5 Å². The van der Waals surface area contributed by atoms with Crippen LogP contribution in [0.15, 0.2) is 16.6 Å². The second-order valence-corrected chi connectivity index (χ2v) is 5.74. The zero-order valence-corrected chi connectivity index (χ0v) is 13.0. The minimum absolute atomic E-state index is 0.0253. The van der Waals surface area contributed by atoms with Gasteiger partial charge in [-0.15, -0.1) is 0 Å². The van der Waals surface area contributed by atoms with Gasteiger partial charge in [-0.3, -0.25) is 4.79 Å². The van der Waals surface area contributed by atoms with Gasteiger partial charge in [0.1, 0.15) is 5.75 Å². The largest absolute Gasteiger partial charge is 0.496 e. The van der Waals surface area contributed by atoms with Gasteiger partial charge in [0.25, 0.3) is 0 Å². The first kappa shape index (κ1) is 16.0. The minimum Gasteiger partial charge on any atom is -0.496 e. The number of carbonyl (C=O) groups is 1. The Labute approximate surface area is 122 Å². The van der Waals surface area contributed by atoms with Crippen molar-refractivity contribution in [2.45, 2.75) is 32.7 Å². The highest BCUT2D eigenvalue weighted by molar-refractivity contribution is 9.10. The third-order valence-electron chi connectivity index (χ3n) is 3.09. The third-order valence-corrected chi connectivity index (χ3v) is 3.94. The monoisotopic (exact) mass is 329 g/mol. The van der Waals surface area contributed by atoms with Gasteiger partial charge < -0.3 is 15.6 Å². The molecule has 1 aromatic rings. The average molecular weight is 330 g/mol. The maximum Gasteiger partial charge on any atom is 0.303 e. The Balaban J connectivity index is 2.89. The molecule has 0 heterocycles. The molecule has 0 fully saturated rings. The van der Waals surface area contributed by atoms with Crippen LogP contribution in [-0.2, 0) is 4.79 Å². The van der Waals surface area contributed by atoms with Crippen LogP contribution >= 0.6 is 15.9 Å². The van der Waals surface area contributed by atoms with E-state index in [1.54, 1.807) is 7.11 Å². The molecule has 0 aliphatic rings. The topological polar surface area (TPSA) is 72.5 Å². The Morgan fingerprint density at radius 1 is 1.53 bits per heavy atom. The molecule has 106 valence electrons. The zero-order valence-electron chi connectivity index (χ0n) is 11.4. The number of aryl methyl sites for hydroxylation is 1. The van der Waals surface area contributed by atoms with Crippen LogP contribution in [0.25, 0.3) is 0 Å². The number of hydrogen-bond acceptors (Lipinski definition) is 3. The molecule has 0 radical (unpaired) electrons. The van der Waals surface area contributed by atoms with E-state index in [9.17, 15) is 4.79 Å². The number of ether oxygens (including phenoxy) is 1. The molecule has 3 N–H and O–H groups in total. The molecule has 0 amide bonds. The van der Waals surface area contributed by atoms with E-state index in [0.29, 0.717) is 6.42 Å². The van der Waals surface area contributed by atoms with Crippen molar-refractivity contribution in [2.24, 2.45) is 11.7 Å². The fraction of sp³-hybridized carbons (Fsp3) is 0.500. The minimum atomic E-state index is -0.795. The first-order valence-corrected chi connectivity index (χ1v) is 6.95. The van der Waals surface area contributed by atoms with Crippen molar-refractivity contribution in [3.8, 4) is 5.75 Å². The van der Waals surface area contributed by atoms with Crippen LogP contribution in [0.1, 0.15) is 36.9 Å². The summed E-state index contributed by atoms with van der Waals surface area (Å²) < 4.78 is 6.32. The normalized spacial score (nSPS) is 13.9. The SMILES string of the molecule is COc1cc(C)c(Br)cc1C(N)CC(C)CC(=O)O. The summed E-state index contributed by atoms with van der Waals surface area (Å²) in [5, 5.41) is 8.78. The van der Waals surface area contributed by atoms with Gasteiger partial charge in [-0.2, -0.15) is 0 Å². The second kappa shape index (κ2) is 6.91. The molecule has 0 saturated heterocycles. The molecular formula is C14H20BrNO3. The number of carboxylic acids is 1. The van der Waals surface area contributed by atoms with Crippen LogP contribution in [0.5, 0.6) is 5.75 Å². The fourth-order valence-corrected chi connectivity index (χ4v) is 2.44. The number of rotatable bonds is 6. The predicted octanol–water partition coefficient (Wildman–Crippen LogP) is 3.27. The Hall–Kier alpha value is -1.07. The Kier molecular flexibility index (Phi) is 5.82. The standard InChI is InChI=1S/C14H20BrNO3/c1-8(5-14(17)18)4-12(16)10-7-11(15)9(2)6-13(10)19-3/h6-8,12H,4-5,16H2,1-3H3,(H,17,18). The van der Waals surface area contributed by atoms with Crippen molar-refractivity contribution >= 4 is 21.9 Å². The summed E-state index contributed by atoms with van der Waals surface area (Å²) in [6, 6.07) is 3.65. The molecule has 0 bridgehead atoms. The molecule has 19 heavy (non-hydrogen) atoms. The van der Waals surface area contributed by atoms with Crippen molar-refractivity contribution in [1.29, 1.82) is 0 Å². The Morgan fingerprint density at radius 3 is 2.68 bits per heavy atom. The highest BCUT2D eigenvalue weighted by atomic mass is 79.9. The van der Waals surface area contributed by atoms with Crippen LogP contribution in [-0.4, -0.2) is 18.2 Å². The van der Waals surface area contributed by atoms with Gasteiger partial charge in [0.15, 0.2) is 0 Å². The second-order valence-electron chi connectivity index (χ2n) is 4.89. The lowest BCUT2D eigenvalue weighted by atomic mass is 9.93. The average Bonchev–Trinajstić information content (AvgIpc) is 2.30. The molecule has 1 aromatic carbocycles. The van der Waals surface area contributed by atoms with Crippen molar-refractivity contribution < 1.29 is 14.6 Å². The number of carboxylic acid groups (broad SMARTS) is 1. The Morgan fingerprint density at radius 2 is 2.16 bits per heavy atom. The lowest BCUT2D eigenvalue weighted by Gasteiger charge is -2.20. The fourth-order valence-electron chi connectivity index (χ4n) is 2.08. The van der Waals surface area contributed by atoms with Gasteiger partial charge in [0.2, 0.25) is 0 Å². The van der Waals surface area contributed by atoms with Gasteiger partial charge in [-0.05, 0) is 37.0 Å². The maximum atomic E-state index is 10.7. The van der Waals surface area contributed by atoms with E-state index in [0.717, 1.165) is 21.3 Å². The predicted molar refractivity (Wildman–Crippen MR) is 78.4 cm³/mol. The van der Waals surface area contributed by atoms with E-state index in [1.165, 1.54) is 0 Å². The van der Waals surface area contributed by atoms with E-state index in [4.69, 9.17) is 15.6 Å². The lowest BCUT2D eigenvalue weighted by Crippen LogP contribution is -2.17. The Bertz CT molecular complexity index is 462. The van der Waals surface area contributed by atoms with Crippen molar-refractivity contribution in [3.05, 3.63) is 27.7 Å². The molecule has 1 rings (SSSR count). The van der Waals surface area contributed by atoms with Crippen LogP contribution in [0.4, 0.5) is 0 Å². The third kappa shape index (κ3) is 4.51. The maximum absolute atomic E-state index is 10.7. The zero-order chi connectivity index (χ0) is 14.6. The number of benzene rings is 1. The molecule has 0 spiro atoms. The van der Waals surface area contributed by atoms with Gasteiger partial charge in [-0.25, -0.2) is 0 Å². The summed E-state index contributed by atoms with van der Waals surface area (Å²) in [5.41, 5.74) is 8.15. The van der Waals surface area contributed by atoms with Gasteiger partial charge in [0, 0.05) is 22.5 Å². The molecular weight excluding hydrogens is 310 g/mol. The highest BCUT2D eigenvalue weighted by Crippen LogP contribution is 2.33. The number of aliphatic carboxylic acids is 1. The number of hydrogen-bond donors (Lipinski definition) is 2. The van der Waals surface area contributed by atoms with Gasteiger partial charge in [-0.1, -0.05) is 22.9 Å².